The van der Waals surface area contributed by atoms with Crippen molar-refractivity contribution in [1.82, 2.24) is 15.3 Å². The second-order valence-corrected chi connectivity index (χ2v) is 8.36. The zero-order valence-electron chi connectivity index (χ0n) is 18.0. The monoisotopic (exact) mass is 471 g/mol. The molecule has 2 aromatic rings. The molecule has 11 heteroatoms. The van der Waals surface area contributed by atoms with Gasteiger partial charge in [-0.1, -0.05) is 11.6 Å². The van der Waals surface area contributed by atoms with Crippen LogP contribution < -0.4 is 20.3 Å². The number of carbonyl (C=O) groups excluding carboxylic acids is 1. The van der Waals surface area contributed by atoms with E-state index in [4.69, 9.17) is 11.6 Å². The van der Waals surface area contributed by atoms with Gasteiger partial charge < -0.3 is 20.3 Å². The number of alkyl halides is 3. The third-order valence-electron chi connectivity index (χ3n) is 5.18. The minimum atomic E-state index is -4.85. The second kappa shape index (κ2) is 9.81. The van der Waals surface area contributed by atoms with Crippen LogP contribution in [0.3, 0.4) is 0 Å². The predicted octanol–water partition coefficient (Wildman–Crippen LogP) is 4.56. The highest BCUT2D eigenvalue weighted by Crippen LogP contribution is 2.31. The van der Waals surface area contributed by atoms with Gasteiger partial charge in [-0.15, -0.1) is 13.2 Å². The molecule has 7 nitrogen and oxygen atoms in total. The van der Waals surface area contributed by atoms with Gasteiger partial charge in [0.05, 0.1) is 5.02 Å². The van der Waals surface area contributed by atoms with Gasteiger partial charge in [-0.05, 0) is 50.8 Å². The van der Waals surface area contributed by atoms with Crippen LogP contribution in [0.2, 0.25) is 5.02 Å². The zero-order chi connectivity index (χ0) is 23.5. The van der Waals surface area contributed by atoms with E-state index >= 15 is 0 Å². The first-order chi connectivity index (χ1) is 15.0. The first kappa shape index (κ1) is 23.9. The van der Waals surface area contributed by atoms with Crippen molar-refractivity contribution in [3.05, 3.63) is 40.5 Å². The summed E-state index contributed by atoms with van der Waals surface area (Å²) >= 11 is 5.83. The van der Waals surface area contributed by atoms with Gasteiger partial charge in [0, 0.05) is 43.5 Å². The summed E-state index contributed by atoms with van der Waals surface area (Å²) < 4.78 is 40.9. The summed E-state index contributed by atoms with van der Waals surface area (Å²) in [6, 6.07) is 3.61. The maximum atomic E-state index is 12.5. The molecule has 0 aliphatic heterocycles. The van der Waals surface area contributed by atoms with Gasteiger partial charge >= 0.3 is 6.36 Å². The van der Waals surface area contributed by atoms with Crippen LogP contribution in [0.5, 0.6) is 5.75 Å². The molecule has 0 radical (unpaired) electrons. The highest BCUT2D eigenvalue weighted by molar-refractivity contribution is 6.32. The van der Waals surface area contributed by atoms with Crippen molar-refractivity contribution in [3.63, 3.8) is 0 Å². The molecule has 1 aliphatic carbocycles. The molecular formula is C21H25ClF3N5O2. The molecule has 0 spiro atoms. The van der Waals surface area contributed by atoms with Crippen LogP contribution in [0.25, 0.3) is 0 Å². The van der Waals surface area contributed by atoms with E-state index in [0.29, 0.717) is 5.95 Å². The predicted molar refractivity (Wildman–Crippen MR) is 116 cm³/mol. The van der Waals surface area contributed by atoms with Crippen LogP contribution >= 0.6 is 11.6 Å². The highest BCUT2D eigenvalue weighted by atomic mass is 35.5. The summed E-state index contributed by atoms with van der Waals surface area (Å²) in [4.78, 5) is 23.3. The lowest BCUT2D eigenvalue weighted by Crippen LogP contribution is -2.40. The van der Waals surface area contributed by atoms with Crippen LogP contribution in [-0.2, 0) is 0 Å². The molecule has 0 unspecified atom stereocenters. The molecule has 174 valence electrons. The lowest BCUT2D eigenvalue weighted by molar-refractivity contribution is -0.274. The van der Waals surface area contributed by atoms with Gasteiger partial charge in [0.15, 0.2) is 0 Å². The molecule has 0 atom stereocenters. The fourth-order valence-corrected chi connectivity index (χ4v) is 3.86. The Morgan fingerprint density at radius 1 is 1.19 bits per heavy atom. The van der Waals surface area contributed by atoms with Crippen LogP contribution in [0.1, 0.15) is 41.6 Å². The SMILES string of the molecule is Cc1cnc(N[C@H]2CC[C@@H](NC(=O)c3ccc(OC(F)(F)F)c(Cl)c3)CC2)nc1N(C)C. The van der Waals surface area contributed by atoms with Crippen LogP contribution in [-0.4, -0.2) is 48.4 Å². The van der Waals surface area contributed by atoms with E-state index in [2.05, 4.69) is 25.3 Å². The molecule has 1 aromatic heterocycles. The molecule has 1 fully saturated rings. The van der Waals surface area contributed by atoms with Crippen molar-refractivity contribution in [2.45, 2.75) is 51.1 Å². The van der Waals surface area contributed by atoms with Gasteiger partial charge in [-0.3, -0.25) is 4.79 Å². The van der Waals surface area contributed by atoms with E-state index in [1.807, 2.05) is 25.9 Å². The standard InChI is InChI=1S/C21H25ClF3N5O2/c1-12-11-26-20(29-18(12)30(2)3)28-15-7-5-14(6-8-15)27-19(31)13-4-9-17(16(22)10-13)32-21(23,24)25/h4,9-11,14-15H,5-8H2,1-3H3,(H,27,31)(H,26,28,29)/t14-,15+. The largest absolute Gasteiger partial charge is 0.573 e. The number of aromatic nitrogens is 2. The van der Waals surface area contributed by atoms with E-state index in [1.165, 1.54) is 12.1 Å². The van der Waals surface area contributed by atoms with Crippen molar-refractivity contribution < 1.29 is 22.7 Å². The maximum absolute atomic E-state index is 12.5. The summed E-state index contributed by atoms with van der Waals surface area (Å²) in [7, 11) is 3.86. The molecule has 0 bridgehead atoms. The van der Waals surface area contributed by atoms with Crippen molar-refractivity contribution in [1.29, 1.82) is 0 Å². The maximum Gasteiger partial charge on any atom is 0.573 e. The molecule has 1 saturated carbocycles. The lowest BCUT2D eigenvalue weighted by atomic mass is 9.91. The zero-order valence-corrected chi connectivity index (χ0v) is 18.7. The Balaban J connectivity index is 1.52. The van der Waals surface area contributed by atoms with E-state index in [0.717, 1.165) is 43.1 Å². The number of ether oxygens (including phenoxy) is 1. The number of nitrogens with zero attached hydrogens (tertiary/aromatic N) is 3. The smallest absolute Gasteiger partial charge is 0.404 e. The van der Waals surface area contributed by atoms with Crippen LogP contribution in [0, 0.1) is 6.92 Å². The third kappa shape index (κ3) is 6.38. The average molecular weight is 472 g/mol. The average Bonchev–Trinajstić information content (AvgIpc) is 2.71. The topological polar surface area (TPSA) is 79.4 Å². The first-order valence-electron chi connectivity index (χ1n) is 10.2. The fraction of sp³-hybridized carbons (Fsp3) is 0.476. The number of anilines is 2. The molecule has 2 N–H and O–H groups in total. The molecule has 1 heterocycles. The number of rotatable bonds is 6. The number of aryl methyl sites for hydroxylation is 1. The molecule has 1 amide bonds. The number of nitrogens with one attached hydrogen (secondary N) is 2. The van der Waals surface area contributed by atoms with Gasteiger partial charge in [0.2, 0.25) is 5.95 Å². The Labute approximate surface area is 189 Å². The van der Waals surface area contributed by atoms with Gasteiger partial charge in [-0.2, -0.15) is 4.98 Å². The van der Waals surface area contributed by atoms with Gasteiger partial charge in [0.25, 0.3) is 5.91 Å². The third-order valence-corrected chi connectivity index (χ3v) is 5.48. The van der Waals surface area contributed by atoms with Crippen LogP contribution in [0.4, 0.5) is 24.9 Å². The molecule has 3 rings (SSSR count). The Hall–Kier alpha value is -2.75. The quantitative estimate of drug-likeness (QED) is 0.643. The Morgan fingerprint density at radius 2 is 1.84 bits per heavy atom. The van der Waals surface area contributed by atoms with Gasteiger partial charge in [-0.25, -0.2) is 4.98 Å². The lowest BCUT2D eigenvalue weighted by Gasteiger charge is -2.30. The number of amides is 1. The Kier molecular flexibility index (Phi) is 7.33. The van der Waals surface area contributed by atoms with E-state index < -0.39 is 12.1 Å². The Morgan fingerprint density at radius 3 is 2.44 bits per heavy atom. The van der Waals surface area contributed by atoms with Gasteiger partial charge in [0.1, 0.15) is 11.6 Å². The van der Waals surface area contributed by atoms with Crippen molar-refractivity contribution in [2.24, 2.45) is 0 Å². The van der Waals surface area contributed by atoms with E-state index in [9.17, 15) is 18.0 Å². The number of hydrogen-bond donors (Lipinski definition) is 2. The fourth-order valence-electron chi connectivity index (χ4n) is 3.64. The normalized spacial score (nSPS) is 18.7. The van der Waals surface area contributed by atoms with E-state index in [1.54, 1.807) is 6.20 Å². The summed E-state index contributed by atoms with van der Waals surface area (Å²) in [6.07, 6.45) is 0.0687. The molecule has 32 heavy (non-hydrogen) atoms. The van der Waals surface area contributed by atoms with Crippen LogP contribution in [0.15, 0.2) is 24.4 Å². The number of hydrogen-bond acceptors (Lipinski definition) is 6. The minimum Gasteiger partial charge on any atom is -0.404 e. The summed E-state index contributed by atoms with van der Waals surface area (Å²) in [5, 5.41) is 6.00. The molecule has 0 saturated heterocycles. The summed E-state index contributed by atoms with van der Waals surface area (Å²) in [6.45, 7) is 1.96. The summed E-state index contributed by atoms with van der Waals surface area (Å²) in [5.74, 6) is 0.494. The molecular weight excluding hydrogens is 447 g/mol. The second-order valence-electron chi connectivity index (χ2n) is 7.95. The van der Waals surface area contributed by atoms with Crippen molar-refractivity contribution in [3.8, 4) is 5.75 Å². The number of halogens is 4. The number of benzene rings is 1. The van der Waals surface area contributed by atoms with Crippen molar-refractivity contribution in [2.75, 3.05) is 24.3 Å². The molecule has 1 aliphatic rings. The molecule has 1 aromatic carbocycles. The number of carbonyl (C=O) groups is 1. The van der Waals surface area contributed by atoms with E-state index in [-0.39, 0.29) is 28.6 Å². The summed E-state index contributed by atoms with van der Waals surface area (Å²) in [5.41, 5.74) is 1.17. The first-order valence-corrected chi connectivity index (χ1v) is 10.5. The van der Waals surface area contributed by atoms with Crippen molar-refractivity contribution >= 4 is 29.3 Å². The highest BCUT2D eigenvalue weighted by Gasteiger charge is 2.32. The minimum absolute atomic E-state index is 0.0401. The Bertz CT molecular complexity index is 963.